The molecule has 1 aliphatic heterocycles. The number of carbonyl (C=O) groups excluding carboxylic acids is 10. The average molecular weight is 1200 g/mol. The lowest BCUT2D eigenvalue weighted by Crippen LogP contribution is -2.63. The third-order valence-electron chi connectivity index (χ3n) is 14.0. The molecule has 20 N–H and O–H groups in total. The zero-order chi connectivity index (χ0) is 63.2. The van der Waals surface area contributed by atoms with Gasteiger partial charge in [0.05, 0.1) is 12.2 Å². The molecule has 1 saturated heterocycles. The molecular formula is C57H80N16O13. The van der Waals surface area contributed by atoms with Crippen LogP contribution >= 0.6 is 0 Å². The standard InChI is InChI=1S/C57H80N16O13/c1-30(2)22-42(50(80)65-40(16-11-21-62-56(60)61-5)49(79)66-41(48(59)78)25-35-28-63-39-15-10-9-14-38(35)39)69-57(86)72-71-52(82)43(23-33-12-7-6-8-13-33)67-54(84)47(31(3)74)70-51(81)45(27-58)68-53(83)46-26-37(77)29-73(46)55(85)44(64-32(4)75)24-34-17-19-36(76)20-18-34/h6-10,12-15,17-20,28,30-31,37,40-47,63,74,76-77H,11,16,21-27,29,58H2,1-5H3,(H2,59,78)(H,64,75)(H,65,80)(H,66,79)(H,67,84)(H,68,83)(H,70,81)(H,71,82)(H3,60,61,62)(H2,69,72,86)/t31-,37-,40+,41+,42+,43+,44-,45+,46+,47+/m1/s1. The van der Waals surface area contributed by atoms with E-state index in [2.05, 4.69) is 63.7 Å². The first kappa shape index (κ1) is 67.4. The lowest BCUT2D eigenvalue weighted by atomic mass is 10.0. The van der Waals surface area contributed by atoms with Crippen molar-refractivity contribution < 1.29 is 63.3 Å². The number of nitrogens with zero attached hydrogens (tertiary/aromatic N) is 1. The predicted molar refractivity (Wildman–Crippen MR) is 314 cm³/mol. The normalized spacial score (nSPS) is 16.5. The van der Waals surface area contributed by atoms with Gasteiger partial charge in [-0.2, -0.15) is 0 Å². The van der Waals surface area contributed by atoms with Gasteiger partial charge in [0.15, 0.2) is 5.96 Å². The minimum Gasteiger partial charge on any atom is -0.508 e. The van der Waals surface area contributed by atoms with E-state index in [9.17, 15) is 63.3 Å². The van der Waals surface area contributed by atoms with Crippen LogP contribution in [0.15, 0.2) is 85.1 Å². The number of hydrazine groups is 1. The molecule has 29 heteroatoms. The Morgan fingerprint density at radius 3 is 1.95 bits per heavy atom. The maximum Gasteiger partial charge on any atom is 0.334 e. The van der Waals surface area contributed by atoms with Crippen molar-refractivity contribution in [2.24, 2.45) is 17.4 Å². The smallest absolute Gasteiger partial charge is 0.334 e. The van der Waals surface area contributed by atoms with Crippen molar-refractivity contribution in [1.29, 1.82) is 5.41 Å². The first-order valence-electron chi connectivity index (χ1n) is 28.1. The van der Waals surface area contributed by atoms with Crippen LogP contribution in [-0.2, 0) is 62.4 Å². The van der Waals surface area contributed by atoms with Crippen LogP contribution in [0.2, 0.25) is 0 Å². The maximum absolute atomic E-state index is 14.1. The van der Waals surface area contributed by atoms with Crippen LogP contribution in [0.25, 0.3) is 10.9 Å². The van der Waals surface area contributed by atoms with Crippen molar-refractivity contribution in [3.8, 4) is 5.75 Å². The van der Waals surface area contributed by atoms with Crippen molar-refractivity contribution in [3.05, 3.63) is 102 Å². The zero-order valence-electron chi connectivity index (χ0n) is 48.5. The summed E-state index contributed by atoms with van der Waals surface area (Å²) >= 11 is 0. The van der Waals surface area contributed by atoms with Gasteiger partial charge in [-0.05, 0) is 67.0 Å². The van der Waals surface area contributed by atoms with Gasteiger partial charge < -0.3 is 84.5 Å². The molecule has 466 valence electrons. The van der Waals surface area contributed by atoms with Gasteiger partial charge in [-0.15, -0.1) is 0 Å². The number of aromatic hydroxyl groups is 1. The Kier molecular flexibility index (Phi) is 25.6. The number of nitrogens with one attached hydrogen (secondary N) is 13. The number of phenols is 1. The minimum absolute atomic E-state index is 0.0118. The molecule has 0 bridgehead atoms. The summed E-state index contributed by atoms with van der Waals surface area (Å²) in [6.07, 6.45) is -1.27. The van der Waals surface area contributed by atoms with E-state index in [1.165, 1.54) is 26.0 Å². The quantitative estimate of drug-likeness (QED) is 0.0111. The number of hydrogen-bond donors (Lipinski definition) is 18. The maximum atomic E-state index is 14.1. The number of amides is 11. The van der Waals surface area contributed by atoms with Crippen LogP contribution in [0.5, 0.6) is 5.75 Å². The number of carbonyl (C=O) groups is 10. The van der Waals surface area contributed by atoms with E-state index in [-0.39, 0.29) is 75.7 Å². The highest BCUT2D eigenvalue weighted by atomic mass is 16.3. The summed E-state index contributed by atoms with van der Waals surface area (Å²) in [7, 11) is 1.55. The highest BCUT2D eigenvalue weighted by Crippen LogP contribution is 2.22. The van der Waals surface area contributed by atoms with E-state index in [4.69, 9.17) is 16.9 Å². The van der Waals surface area contributed by atoms with Gasteiger partial charge in [0.1, 0.15) is 54.1 Å². The fraction of sp³-hybridized carbons (Fsp3) is 0.456. The van der Waals surface area contributed by atoms with Crippen LogP contribution < -0.4 is 70.2 Å². The summed E-state index contributed by atoms with van der Waals surface area (Å²) in [6, 6.07) is 9.28. The third-order valence-corrected chi connectivity index (χ3v) is 14.0. The van der Waals surface area contributed by atoms with Gasteiger partial charge in [-0.3, -0.25) is 54.0 Å². The molecule has 86 heavy (non-hydrogen) atoms. The monoisotopic (exact) mass is 1200 g/mol. The first-order chi connectivity index (χ1) is 40.9. The number of rotatable bonds is 29. The summed E-state index contributed by atoms with van der Waals surface area (Å²) in [6.45, 7) is 5.28. The number of aromatic amines is 1. The Morgan fingerprint density at radius 2 is 1.31 bits per heavy atom. The van der Waals surface area contributed by atoms with E-state index < -0.39 is 126 Å². The second kappa shape index (κ2) is 32.6. The Labute approximate surface area is 496 Å². The Morgan fingerprint density at radius 1 is 0.698 bits per heavy atom. The largest absolute Gasteiger partial charge is 0.508 e. The highest BCUT2D eigenvalue weighted by molar-refractivity contribution is 5.98. The van der Waals surface area contributed by atoms with Crippen molar-refractivity contribution in [1.82, 2.24) is 68.6 Å². The number of aliphatic hydroxyl groups is 2. The number of likely N-dealkylation sites (tertiary alicyclic amines) is 1. The third kappa shape index (κ3) is 20.5. The summed E-state index contributed by atoms with van der Waals surface area (Å²) in [4.78, 5) is 140. The molecule has 10 atom stereocenters. The Hall–Kier alpha value is -9.35. The minimum atomic E-state index is -1.79. The molecule has 0 aliphatic carbocycles. The Balaban J connectivity index is 1.25. The SMILES string of the molecule is CNC(=N)NCCC[C@H](NC(=O)[C@H](CC(C)C)NC(=O)NNC(=O)[C@H](Cc1ccccc1)NC(=O)[C@@H](NC(=O)[C@H](CN)NC(=O)[C@@H]1C[C@@H](O)CN1C(=O)[C@@H](Cc1ccc(O)cc1)NC(C)=O)[C@@H](C)O)C(=O)N[C@@H](Cc1c[nH]c2ccccc12)C(N)=O. The molecule has 0 unspecified atom stereocenters. The lowest BCUT2D eigenvalue weighted by Gasteiger charge is -2.30. The fourth-order valence-electron chi connectivity index (χ4n) is 9.57. The van der Waals surface area contributed by atoms with Gasteiger partial charge >= 0.3 is 6.03 Å². The van der Waals surface area contributed by atoms with Gasteiger partial charge in [-0.25, -0.2) is 10.2 Å². The summed E-state index contributed by atoms with van der Waals surface area (Å²) in [5, 5.41) is 63.1. The van der Waals surface area contributed by atoms with Gasteiger partial charge in [0.25, 0.3) is 5.91 Å². The number of guanidine groups is 1. The van der Waals surface area contributed by atoms with Crippen molar-refractivity contribution in [2.45, 2.75) is 133 Å². The molecule has 0 radical (unpaired) electrons. The number of β-amino-alcohol motifs (C(OH)–C–C–N with tert-alkyl or cyclic N) is 1. The first-order valence-corrected chi connectivity index (χ1v) is 28.1. The number of para-hydroxylation sites is 1. The molecule has 0 spiro atoms. The molecule has 2 heterocycles. The lowest BCUT2D eigenvalue weighted by molar-refractivity contribution is -0.142. The van der Waals surface area contributed by atoms with Gasteiger partial charge in [0, 0.05) is 76.4 Å². The van der Waals surface area contributed by atoms with Crippen LogP contribution in [0.4, 0.5) is 4.79 Å². The average Bonchev–Trinajstić information content (AvgIpc) is 4.10. The second-order valence-electron chi connectivity index (χ2n) is 21.3. The van der Waals surface area contributed by atoms with Gasteiger partial charge in [0.2, 0.25) is 47.3 Å². The Bertz CT molecular complexity index is 3020. The number of urea groups is 1. The molecule has 0 saturated carbocycles. The highest BCUT2D eigenvalue weighted by Gasteiger charge is 2.43. The van der Waals surface area contributed by atoms with E-state index in [0.29, 0.717) is 16.7 Å². The number of aromatic nitrogens is 1. The number of aliphatic hydroxyl groups excluding tert-OH is 2. The van der Waals surface area contributed by atoms with E-state index in [0.717, 1.165) is 15.8 Å². The number of primary amides is 1. The summed E-state index contributed by atoms with van der Waals surface area (Å²) in [5.74, 6) is -7.95. The van der Waals surface area contributed by atoms with Crippen molar-refractivity contribution >= 4 is 76.1 Å². The molecule has 1 fully saturated rings. The van der Waals surface area contributed by atoms with Crippen molar-refractivity contribution in [3.63, 3.8) is 0 Å². The van der Waals surface area contributed by atoms with E-state index in [1.807, 2.05) is 24.3 Å². The van der Waals surface area contributed by atoms with E-state index in [1.54, 1.807) is 69.6 Å². The van der Waals surface area contributed by atoms with Crippen LogP contribution in [0, 0.1) is 11.3 Å². The molecule has 29 nitrogen and oxygen atoms in total. The van der Waals surface area contributed by atoms with Crippen LogP contribution in [-0.4, -0.2) is 178 Å². The number of hydrogen-bond acceptors (Lipinski definition) is 15. The molecule has 5 rings (SSSR count). The molecule has 11 amide bonds. The number of phenolic OH excluding ortho intramolecular Hbond substituents is 1. The molecular weight excluding hydrogens is 1120 g/mol. The number of benzene rings is 3. The van der Waals surface area contributed by atoms with Crippen molar-refractivity contribution in [2.75, 3.05) is 26.7 Å². The predicted octanol–water partition coefficient (Wildman–Crippen LogP) is -3.11. The summed E-state index contributed by atoms with van der Waals surface area (Å²) in [5.41, 5.74) is 18.7. The molecule has 3 aromatic carbocycles. The summed E-state index contributed by atoms with van der Waals surface area (Å²) < 4.78 is 0. The second-order valence-corrected chi connectivity index (χ2v) is 21.3. The van der Waals surface area contributed by atoms with Gasteiger partial charge in [-0.1, -0.05) is 74.5 Å². The molecule has 1 aliphatic rings. The number of nitrogens with two attached hydrogens (primary N) is 2. The number of H-pyrrole nitrogens is 1. The number of fused-ring (bicyclic) bond motifs is 1. The van der Waals surface area contributed by atoms with Crippen LogP contribution in [0.3, 0.4) is 0 Å². The zero-order valence-corrected chi connectivity index (χ0v) is 48.5. The molecule has 1 aromatic heterocycles. The topological polar surface area (TPSA) is 459 Å². The molecule has 4 aromatic rings. The van der Waals surface area contributed by atoms with E-state index >= 15 is 0 Å². The van der Waals surface area contributed by atoms with Crippen LogP contribution in [0.1, 0.15) is 70.1 Å². The fourth-order valence-corrected chi connectivity index (χ4v) is 9.57.